The summed E-state index contributed by atoms with van der Waals surface area (Å²) in [6.45, 7) is 4.89. The molecule has 0 aliphatic rings. The second kappa shape index (κ2) is 7.83. The number of rotatable bonds is 7. The Morgan fingerprint density at radius 2 is 1.89 bits per heavy atom. The number of alkyl halides is 2. The summed E-state index contributed by atoms with van der Waals surface area (Å²) in [4.78, 5) is 12.9. The van der Waals surface area contributed by atoms with Crippen LogP contribution in [0.3, 0.4) is 0 Å². The maximum atomic E-state index is 12.6. The van der Waals surface area contributed by atoms with Crippen LogP contribution in [-0.2, 0) is 16.6 Å². The van der Waals surface area contributed by atoms with E-state index in [1.807, 2.05) is 0 Å². The average molecular weight is 430 g/mol. The lowest BCUT2D eigenvalue weighted by Crippen LogP contribution is -2.33. The van der Waals surface area contributed by atoms with Crippen LogP contribution in [0.5, 0.6) is 0 Å². The molecule has 0 saturated carbocycles. The Kier molecular flexibility index (Phi) is 5.65. The van der Waals surface area contributed by atoms with E-state index in [-0.39, 0.29) is 24.1 Å². The van der Waals surface area contributed by atoms with E-state index in [9.17, 15) is 17.2 Å². The van der Waals surface area contributed by atoms with Crippen molar-refractivity contribution in [1.29, 1.82) is 0 Å². The molecule has 28 heavy (non-hydrogen) atoms. The van der Waals surface area contributed by atoms with Crippen molar-refractivity contribution in [3.63, 3.8) is 0 Å². The predicted molar refractivity (Wildman–Crippen MR) is 97.5 cm³/mol. The zero-order valence-electron chi connectivity index (χ0n) is 15.1. The van der Waals surface area contributed by atoms with Crippen LogP contribution in [0.4, 0.5) is 14.7 Å². The normalized spacial score (nSPS) is 11.9. The molecule has 0 fully saturated rings. The molecule has 9 nitrogen and oxygen atoms in total. The molecule has 0 saturated heterocycles. The molecule has 0 atom stereocenters. The molecule has 3 heterocycles. The van der Waals surface area contributed by atoms with Gasteiger partial charge in [-0.25, -0.2) is 27.7 Å². The highest BCUT2D eigenvalue weighted by atomic mass is 32.2. The van der Waals surface area contributed by atoms with Gasteiger partial charge in [0.25, 0.3) is 11.8 Å². The third-order valence-corrected chi connectivity index (χ3v) is 6.23. The Hall–Kier alpha value is -2.54. The third-order valence-electron chi connectivity index (χ3n) is 3.56. The lowest BCUT2D eigenvalue weighted by molar-refractivity contribution is 0.116. The van der Waals surface area contributed by atoms with Gasteiger partial charge in [-0.1, -0.05) is 0 Å². The van der Waals surface area contributed by atoms with E-state index >= 15 is 0 Å². The van der Waals surface area contributed by atoms with Gasteiger partial charge in [-0.3, -0.25) is 0 Å². The number of thiazole rings is 1. The first-order valence-corrected chi connectivity index (χ1v) is 10.5. The van der Waals surface area contributed by atoms with E-state index in [1.54, 1.807) is 19.9 Å². The first kappa shape index (κ1) is 20.2. The third kappa shape index (κ3) is 4.30. The SMILES string of the molecule is CCS(=O)(=O)N(Cc1ncc(-c2nnc(C(F)F)o2)s1)c1nc(C)cc(C)n1. The standard InChI is InChI=1S/C15H16F2N6O3S2/c1-4-28(24,25)23(15-19-8(2)5-9(3)20-15)7-11-18-6-10(27-11)13-21-22-14(26-13)12(16)17/h5-6,12H,4,7H2,1-3H3. The van der Waals surface area contributed by atoms with Gasteiger partial charge in [-0.2, -0.15) is 8.78 Å². The number of anilines is 1. The van der Waals surface area contributed by atoms with Gasteiger partial charge in [-0.05, 0) is 26.8 Å². The second-order valence-corrected chi connectivity index (χ2v) is 9.02. The summed E-state index contributed by atoms with van der Waals surface area (Å²) in [6, 6.07) is 1.73. The van der Waals surface area contributed by atoms with Crippen LogP contribution >= 0.6 is 11.3 Å². The predicted octanol–water partition coefficient (Wildman–Crippen LogP) is 2.89. The van der Waals surface area contributed by atoms with Gasteiger partial charge in [0.15, 0.2) is 0 Å². The van der Waals surface area contributed by atoms with Crippen molar-refractivity contribution >= 4 is 27.3 Å². The van der Waals surface area contributed by atoms with Crippen LogP contribution in [0.15, 0.2) is 16.7 Å². The number of hydrogen-bond acceptors (Lipinski definition) is 9. The van der Waals surface area contributed by atoms with Crippen molar-refractivity contribution in [3.8, 4) is 10.8 Å². The van der Waals surface area contributed by atoms with Gasteiger partial charge in [0, 0.05) is 11.4 Å². The van der Waals surface area contributed by atoms with Gasteiger partial charge in [0.2, 0.25) is 16.0 Å². The Labute approximate surface area is 163 Å². The minimum atomic E-state index is -3.68. The fourth-order valence-corrected chi connectivity index (χ4v) is 4.17. The summed E-state index contributed by atoms with van der Waals surface area (Å²) in [5.41, 5.74) is 1.26. The Balaban J connectivity index is 1.92. The minimum absolute atomic E-state index is 0.0499. The zero-order chi connectivity index (χ0) is 20.5. The Morgan fingerprint density at radius 1 is 1.21 bits per heavy atom. The number of hydrogen-bond donors (Lipinski definition) is 0. The summed E-state index contributed by atoms with van der Waals surface area (Å²) in [5, 5.41) is 7.23. The van der Waals surface area contributed by atoms with Crippen molar-refractivity contribution in [3.05, 3.63) is 34.5 Å². The maximum absolute atomic E-state index is 12.6. The molecule has 3 aromatic heterocycles. The van der Waals surface area contributed by atoms with Crippen LogP contribution < -0.4 is 4.31 Å². The summed E-state index contributed by atoms with van der Waals surface area (Å²) >= 11 is 1.06. The Bertz CT molecular complexity index is 1060. The molecule has 0 N–H and O–H groups in total. The monoisotopic (exact) mass is 430 g/mol. The fourth-order valence-electron chi connectivity index (χ4n) is 2.30. The van der Waals surface area contributed by atoms with Crippen LogP contribution in [-0.4, -0.2) is 39.3 Å². The van der Waals surface area contributed by atoms with Crippen molar-refractivity contribution in [2.24, 2.45) is 0 Å². The number of halogens is 2. The molecule has 3 aromatic rings. The van der Waals surface area contributed by atoms with E-state index in [2.05, 4.69) is 25.1 Å². The largest absolute Gasteiger partial charge is 0.414 e. The zero-order valence-corrected chi connectivity index (χ0v) is 16.8. The lowest BCUT2D eigenvalue weighted by atomic mass is 10.4. The van der Waals surface area contributed by atoms with Crippen molar-refractivity contribution < 1.29 is 21.6 Å². The molecule has 150 valence electrons. The second-order valence-electron chi connectivity index (χ2n) is 5.72. The molecule has 3 rings (SSSR count). The number of sulfonamides is 1. The molecule has 0 radical (unpaired) electrons. The molecule has 0 aliphatic carbocycles. The maximum Gasteiger partial charge on any atom is 0.314 e. The van der Waals surface area contributed by atoms with E-state index < -0.39 is 22.3 Å². The van der Waals surface area contributed by atoms with E-state index in [4.69, 9.17) is 4.42 Å². The number of aryl methyl sites for hydroxylation is 2. The topological polar surface area (TPSA) is 115 Å². The number of nitrogens with zero attached hydrogens (tertiary/aromatic N) is 6. The van der Waals surface area contributed by atoms with Crippen molar-refractivity contribution in [2.45, 2.75) is 33.7 Å². The van der Waals surface area contributed by atoms with Crippen molar-refractivity contribution in [2.75, 3.05) is 10.1 Å². The Morgan fingerprint density at radius 3 is 2.46 bits per heavy atom. The summed E-state index contributed by atoms with van der Waals surface area (Å²) in [7, 11) is -3.68. The number of aromatic nitrogens is 5. The van der Waals surface area contributed by atoms with E-state index in [0.29, 0.717) is 21.3 Å². The molecule has 0 unspecified atom stereocenters. The highest BCUT2D eigenvalue weighted by Gasteiger charge is 2.26. The molecular weight excluding hydrogens is 414 g/mol. The lowest BCUT2D eigenvalue weighted by Gasteiger charge is -2.21. The minimum Gasteiger partial charge on any atom is -0.414 e. The highest BCUT2D eigenvalue weighted by Crippen LogP contribution is 2.29. The van der Waals surface area contributed by atoms with E-state index in [0.717, 1.165) is 15.6 Å². The molecular formula is C15H16F2N6O3S2. The quantitative estimate of drug-likeness (QED) is 0.562. The van der Waals surface area contributed by atoms with Crippen LogP contribution in [0.2, 0.25) is 0 Å². The van der Waals surface area contributed by atoms with Gasteiger partial charge in [0.05, 0.1) is 18.5 Å². The fraction of sp³-hybridized carbons (Fsp3) is 0.400. The van der Waals surface area contributed by atoms with Crippen LogP contribution in [0.1, 0.15) is 35.6 Å². The van der Waals surface area contributed by atoms with E-state index in [1.165, 1.54) is 13.1 Å². The van der Waals surface area contributed by atoms with Gasteiger partial charge < -0.3 is 4.42 Å². The van der Waals surface area contributed by atoms with Crippen molar-refractivity contribution in [1.82, 2.24) is 25.1 Å². The average Bonchev–Trinajstić information content (AvgIpc) is 3.28. The van der Waals surface area contributed by atoms with Gasteiger partial charge >= 0.3 is 6.43 Å². The first-order valence-electron chi connectivity index (χ1n) is 8.09. The molecule has 0 aliphatic heterocycles. The van der Waals surface area contributed by atoms with Crippen LogP contribution in [0.25, 0.3) is 10.8 Å². The van der Waals surface area contributed by atoms with Crippen LogP contribution in [0, 0.1) is 13.8 Å². The summed E-state index contributed by atoms with van der Waals surface area (Å²) in [5.74, 6) is -0.993. The highest BCUT2D eigenvalue weighted by molar-refractivity contribution is 7.92. The molecule has 0 amide bonds. The first-order chi connectivity index (χ1) is 13.2. The molecule has 0 spiro atoms. The summed E-state index contributed by atoms with van der Waals surface area (Å²) < 4.78 is 56.3. The molecule has 13 heteroatoms. The molecule has 0 bridgehead atoms. The van der Waals surface area contributed by atoms with Gasteiger partial charge in [0.1, 0.15) is 9.88 Å². The smallest absolute Gasteiger partial charge is 0.314 e. The summed E-state index contributed by atoms with van der Waals surface area (Å²) in [6.07, 6.45) is -1.51. The molecule has 0 aromatic carbocycles. The van der Waals surface area contributed by atoms with Gasteiger partial charge in [-0.15, -0.1) is 21.5 Å².